The molecule has 0 atom stereocenters. The summed E-state index contributed by atoms with van der Waals surface area (Å²) in [5, 5.41) is 2.58. The summed E-state index contributed by atoms with van der Waals surface area (Å²) in [4.78, 5) is 36.4. The van der Waals surface area contributed by atoms with Crippen LogP contribution in [-0.4, -0.2) is 49.9 Å². The second-order valence-electron chi connectivity index (χ2n) is 10.3. The van der Waals surface area contributed by atoms with Crippen molar-refractivity contribution in [2.45, 2.75) is 13.3 Å². The zero-order chi connectivity index (χ0) is 35.0. The number of nitrogens with zero attached hydrogens (tertiary/aromatic N) is 6. The van der Waals surface area contributed by atoms with Crippen molar-refractivity contribution in [2.24, 2.45) is 0 Å². The van der Waals surface area contributed by atoms with Crippen molar-refractivity contribution in [1.82, 2.24) is 29.9 Å². The van der Waals surface area contributed by atoms with Crippen molar-refractivity contribution < 1.29 is 26.4 Å². The van der Waals surface area contributed by atoms with Gasteiger partial charge in [0, 0.05) is 50.9 Å². The summed E-state index contributed by atoms with van der Waals surface area (Å²) in [7, 11) is -3.98. The van der Waals surface area contributed by atoms with Crippen molar-refractivity contribution >= 4 is 70.1 Å². The van der Waals surface area contributed by atoms with Gasteiger partial charge in [-0.05, 0) is 48.9 Å². The number of ketones is 1. The van der Waals surface area contributed by atoms with Crippen LogP contribution in [0.1, 0.15) is 29.3 Å². The third kappa shape index (κ3) is 8.74. The molecule has 0 radical (unpaired) electrons. The highest BCUT2D eigenvalue weighted by atomic mass is 79.9. The van der Waals surface area contributed by atoms with Gasteiger partial charge in [0.05, 0.1) is 33.6 Å². The lowest BCUT2D eigenvalue weighted by molar-refractivity contribution is 0.103. The van der Waals surface area contributed by atoms with E-state index in [-0.39, 0.29) is 17.7 Å². The number of hydrogen-bond acceptors (Lipinski definition) is 9. The van der Waals surface area contributed by atoms with Crippen LogP contribution in [0.25, 0.3) is 32.7 Å². The number of carbonyl (C=O) groups is 1. The molecule has 0 aliphatic rings. The zero-order valence-corrected chi connectivity index (χ0v) is 28.0. The number of rotatable bonds is 6. The van der Waals surface area contributed by atoms with Gasteiger partial charge in [-0.25, -0.2) is 51.5 Å². The van der Waals surface area contributed by atoms with E-state index in [4.69, 9.17) is 0 Å². The average Bonchev–Trinajstić information content (AvgIpc) is 3.11. The highest BCUT2D eigenvalue weighted by molar-refractivity contribution is 9.10. The topological polar surface area (TPSA) is 141 Å². The maximum atomic E-state index is 14.8. The minimum absolute atomic E-state index is 0.131. The molecule has 0 spiro atoms. The Labute approximate surface area is 286 Å². The number of hydrogen-bond donors (Lipinski definition) is 1. The Balaban J connectivity index is 0.000000179. The SMILES string of the molecule is Brc1ccc2ncncc2c1.CCCS(=O)(=O)Nc1cc(F)c(F)c(C(=O)c2ccc3ncncc3c2)c1F.c1ccc2ncncc2c1. The van der Waals surface area contributed by atoms with Gasteiger partial charge in [0.1, 0.15) is 19.0 Å². The molecule has 4 aromatic carbocycles. The van der Waals surface area contributed by atoms with Gasteiger partial charge < -0.3 is 0 Å². The van der Waals surface area contributed by atoms with Crippen LogP contribution in [0.5, 0.6) is 0 Å². The van der Waals surface area contributed by atoms with E-state index in [2.05, 4.69) is 45.8 Å². The van der Waals surface area contributed by atoms with E-state index >= 15 is 0 Å². The highest BCUT2D eigenvalue weighted by Crippen LogP contribution is 2.28. The van der Waals surface area contributed by atoms with Crippen LogP contribution in [-0.2, 0) is 10.0 Å². The fourth-order valence-electron chi connectivity index (χ4n) is 4.51. The molecule has 3 aromatic heterocycles. The largest absolute Gasteiger partial charge is 0.288 e. The Bertz CT molecular complexity index is 2340. The Morgan fingerprint density at radius 2 is 1.31 bits per heavy atom. The van der Waals surface area contributed by atoms with Gasteiger partial charge in [0.2, 0.25) is 10.0 Å². The van der Waals surface area contributed by atoms with Crippen LogP contribution in [0.3, 0.4) is 0 Å². The van der Waals surface area contributed by atoms with Crippen LogP contribution in [0.2, 0.25) is 0 Å². The number of carbonyl (C=O) groups excluding carboxylic acids is 1. The molecule has 0 aliphatic carbocycles. The van der Waals surface area contributed by atoms with Crippen LogP contribution in [0.4, 0.5) is 18.9 Å². The molecule has 0 amide bonds. The molecule has 0 unspecified atom stereocenters. The van der Waals surface area contributed by atoms with Gasteiger partial charge in [0.15, 0.2) is 23.2 Å². The number of anilines is 1. The lowest BCUT2D eigenvalue weighted by Gasteiger charge is -2.12. The summed E-state index contributed by atoms with van der Waals surface area (Å²) in [6.45, 7) is 1.58. The summed E-state index contributed by atoms with van der Waals surface area (Å²) >= 11 is 3.38. The van der Waals surface area contributed by atoms with Crippen molar-refractivity contribution in [3.05, 3.63) is 137 Å². The van der Waals surface area contributed by atoms with E-state index in [0.717, 1.165) is 26.3 Å². The van der Waals surface area contributed by atoms with E-state index in [1.807, 2.05) is 53.4 Å². The van der Waals surface area contributed by atoms with Crippen LogP contribution in [0.15, 0.2) is 109 Å². The Kier molecular flexibility index (Phi) is 11.2. The quantitative estimate of drug-likeness (QED) is 0.136. The van der Waals surface area contributed by atoms with Crippen molar-refractivity contribution in [2.75, 3.05) is 10.5 Å². The van der Waals surface area contributed by atoms with Gasteiger partial charge in [0.25, 0.3) is 0 Å². The first-order valence-corrected chi connectivity index (χ1v) is 16.9. The number of benzene rings is 4. The monoisotopic (exact) mass is 747 g/mol. The number of halogens is 4. The molecule has 3 heterocycles. The van der Waals surface area contributed by atoms with Crippen molar-refractivity contribution in [3.63, 3.8) is 0 Å². The molecule has 15 heteroatoms. The molecule has 49 heavy (non-hydrogen) atoms. The second-order valence-corrected chi connectivity index (χ2v) is 13.0. The lowest BCUT2D eigenvalue weighted by atomic mass is 10.00. The molecule has 0 saturated heterocycles. The fourth-order valence-corrected chi connectivity index (χ4v) is 6.02. The third-order valence-corrected chi connectivity index (χ3v) is 8.74. The molecule has 0 bridgehead atoms. The van der Waals surface area contributed by atoms with Gasteiger partial charge in [-0.1, -0.05) is 41.1 Å². The van der Waals surface area contributed by atoms with E-state index in [1.165, 1.54) is 30.7 Å². The van der Waals surface area contributed by atoms with Gasteiger partial charge in [-0.2, -0.15) is 0 Å². The van der Waals surface area contributed by atoms with Crippen LogP contribution < -0.4 is 4.72 Å². The van der Waals surface area contributed by atoms with E-state index < -0.39 is 44.5 Å². The van der Waals surface area contributed by atoms with Gasteiger partial charge >= 0.3 is 0 Å². The number of nitrogens with one attached hydrogen (secondary N) is 1. The number of fused-ring (bicyclic) bond motifs is 3. The smallest absolute Gasteiger partial charge is 0.232 e. The average molecular weight is 749 g/mol. The standard InChI is InChI=1S/C18H14F3N3O3S.C8H5BrN2.C8H6N2/c1-2-5-28(26,27)24-14-7-12(19)16(20)15(17(14)21)18(25)10-3-4-13-11(6-10)8-22-9-23-13;9-7-1-2-8-6(3-7)4-10-5-11-8;1-2-4-8-7(3-1)5-9-6-10-8/h3-4,6-9,24H,2,5H2,1H3;1-5H;1-6H. The Morgan fingerprint density at radius 1 is 0.735 bits per heavy atom. The Morgan fingerprint density at radius 3 is 1.94 bits per heavy atom. The molecule has 7 rings (SSSR count). The minimum atomic E-state index is -3.98. The van der Waals surface area contributed by atoms with E-state index in [9.17, 15) is 26.4 Å². The summed E-state index contributed by atoms with van der Waals surface area (Å²) < 4.78 is 69.6. The number of para-hydroxylation sites is 1. The minimum Gasteiger partial charge on any atom is -0.288 e. The fraction of sp³-hybridized carbons (Fsp3) is 0.0882. The van der Waals surface area contributed by atoms with E-state index in [0.29, 0.717) is 17.0 Å². The van der Waals surface area contributed by atoms with Crippen LogP contribution >= 0.6 is 15.9 Å². The summed E-state index contributed by atoms with van der Waals surface area (Å²) in [5.41, 5.74) is 0.318. The molecule has 0 saturated carbocycles. The summed E-state index contributed by atoms with van der Waals surface area (Å²) in [6, 6.07) is 18.2. The maximum absolute atomic E-state index is 14.8. The molecule has 248 valence electrons. The maximum Gasteiger partial charge on any atom is 0.232 e. The summed E-state index contributed by atoms with van der Waals surface area (Å²) in [5.74, 6) is -6.24. The number of aromatic nitrogens is 6. The molecule has 1 N–H and O–H groups in total. The van der Waals surface area contributed by atoms with Gasteiger partial charge in [-0.15, -0.1) is 0 Å². The molecule has 0 fully saturated rings. The zero-order valence-electron chi connectivity index (χ0n) is 25.6. The van der Waals surface area contributed by atoms with Gasteiger partial charge in [-0.3, -0.25) is 9.52 Å². The van der Waals surface area contributed by atoms with E-state index in [1.54, 1.807) is 25.8 Å². The predicted molar refractivity (Wildman–Crippen MR) is 184 cm³/mol. The molecule has 7 aromatic rings. The first kappa shape index (κ1) is 34.9. The van der Waals surface area contributed by atoms with Crippen molar-refractivity contribution in [3.8, 4) is 0 Å². The third-order valence-electron chi connectivity index (χ3n) is 6.77. The predicted octanol–water partition coefficient (Wildman–Crippen LogP) is 7.45. The van der Waals surface area contributed by atoms with Crippen LogP contribution in [0, 0.1) is 17.5 Å². The normalized spacial score (nSPS) is 11.0. The molecule has 0 aliphatic heterocycles. The summed E-state index contributed by atoms with van der Waals surface area (Å²) in [6.07, 6.45) is 9.64. The molecule has 10 nitrogen and oxygen atoms in total. The van der Waals surface area contributed by atoms with Crippen molar-refractivity contribution in [1.29, 1.82) is 0 Å². The first-order chi connectivity index (χ1) is 23.6. The molecular formula is C34H25BrF3N7O3S. The lowest BCUT2D eigenvalue weighted by Crippen LogP contribution is -2.19. The first-order valence-electron chi connectivity index (χ1n) is 14.5. The molecular weight excluding hydrogens is 723 g/mol. The number of sulfonamides is 1. The Hall–Kier alpha value is -5.41. The second kappa shape index (κ2) is 15.7. The highest BCUT2D eigenvalue weighted by Gasteiger charge is 2.27.